The molecule has 1 aliphatic carbocycles. The van der Waals surface area contributed by atoms with Gasteiger partial charge < -0.3 is 26.6 Å². The zero-order valence-electron chi connectivity index (χ0n) is 18.7. The summed E-state index contributed by atoms with van der Waals surface area (Å²) in [6, 6.07) is 6.64. The molecule has 0 aliphatic heterocycles. The van der Waals surface area contributed by atoms with Crippen molar-refractivity contribution in [2.45, 2.75) is 38.6 Å². The molecule has 1 aromatic heterocycles. The van der Waals surface area contributed by atoms with Gasteiger partial charge in [0.25, 0.3) is 11.8 Å². The predicted molar refractivity (Wildman–Crippen MR) is 129 cm³/mol. The zero-order chi connectivity index (χ0) is 24.7. The van der Waals surface area contributed by atoms with Crippen LogP contribution in [-0.4, -0.2) is 57.0 Å². The molecule has 34 heavy (non-hydrogen) atoms. The molecular weight excluding hydrogens is 438 g/mol. The molecule has 1 saturated carbocycles. The number of hydrogen-bond acceptors (Lipinski definition) is 10. The molecule has 1 aliphatic rings. The summed E-state index contributed by atoms with van der Waals surface area (Å²) in [6.45, 7) is 5.24. The third-order valence-electron chi connectivity index (χ3n) is 5.04. The number of primary amides is 1. The highest BCUT2D eigenvalue weighted by atomic mass is 16.5. The summed E-state index contributed by atoms with van der Waals surface area (Å²) >= 11 is 0. The molecule has 1 heterocycles. The SMILES string of the molecule is C=[N+](c1ncc(C(N)=O)c(Nc2cccc(N/N=C(\C=N)OC(C)=O)c2)n1)[C@@H]1CCCCC1=N. The third-order valence-corrected chi connectivity index (χ3v) is 5.04. The van der Waals surface area contributed by atoms with E-state index < -0.39 is 11.9 Å². The van der Waals surface area contributed by atoms with Crippen molar-refractivity contribution in [3.8, 4) is 0 Å². The molecule has 176 valence electrons. The topological polar surface area (TPSA) is 182 Å². The quantitative estimate of drug-likeness (QED) is 0.131. The molecule has 0 bridgehead atoms. The van der Waals surface area contributed by atoms with Crippen molar-refractivity contribution in [3.05, 3.63) is 36.0 Å². The number of amides is 1. The lowest BCUT2D eigenvalue weighted by molar-refractivity contribution is -0.466. The highest BCUT2D eigenvalue weighted by molar-refractivity contribution is 6.27. The van der Waals surface area contributed by atoms with Crippen molar-refractivity contribution in [2.24, 2.45) is 10.8 Å². The van der Waals surface area contributed by atoms with Crippen LogP contribution < -0.4 is 16.5 Å². The average molecular weight is 465 g/mol. The van der Waals surface area contributed by atoms with E-state index >= 15 is 0 Å². The van der Waals surface area contributed by atoms with Gasteiger partial charge in [-0.15, -0.1) is 5.10 Å². The van der Waals surface area contributed by atoms with Crippen molar-refractivity contribution in [1.29, 1.82) is 10.8 Å². The van der Waals surface area contributed by atoms with Crippen LogP contribution in [0.1, 0.15) is 43.0 Å². The van der Waals surface area contributed by atoms with Crippen molar-refractivity contribution < 1.29 is 18.9 Å². The fraction of sp³-hybridized carbons (Fsp3) is 0.273. The number of carbonyl (C=O) groups is 2. The maximum atomic E-state index is 12.0. The lowest BCUT2D eigenvalue weighted by atomic mass is 9.93. The van der Waals surface area contributed by atoms with E-state index in [4.69, 9.17) is 21.3 Å². The van der Waals surface area contributed by atoms with Gasteiger partial charge in [0.2, 0.25) is 5.82 Å². The number of hydrazone groups is 1. The number of nitrogens with two attached hydrogens (primary N) is 1. The summed E-state index contributed by atoms with van der Waals surface area (Å²) in [5, 5.41) is 22.4. The van der Waals surface area contributed by atoms with Gasteiger partial charge >= 0.3 is 11.9 Å². The second-order valence-electron chi connectivity index (χ2n) is 7.56. The van der Waals surface area contributed by atoms with Crippen molar-refractivity contribution in [1.82, 2.24) is 9.97 Å². The first-order valence-corrected chi connectivity index (χ1v) is 10.5. The van der Waals surface area contributed by atoms with E-state index in [0.29, 0.717) is 23.5 Å². The molecule has 12 nitrogen and oxygen atoms in total. The van der Waals surface area contributed by atoms with Gasteiger partial charge in [-0.25, -0.2) is 4.58 Å². The highest BCUT2D eigenvalue weighted by Gasteiger charge is 2.29. The number of nitrogens with one attached hydrogen (secondary N) is 4. The molecule has 6 N–H and O–H groups in total. The van der Waals surface area contributed by atoms with E-state index in [2.05, 4.69) is 32.5 Å². The lowest BCUT2D eigenvalue weighted by Crippen LogP contribution is -2.34. The summed E-state index contributed by atoms with van der Waals surface area (Å²) in [5.41, 5.74) is 9.94. The number of aromatic nitrogens is 2. The van der Waals surface area contributed by atoms with Crippen LogP contribution in [0.3, 0.4) is 0 Å². The molecule has 3 rings (SSSR count). The number of esters is 1. The standard InChI is InChI=1S/C22H25N9O3/c1-13(32)34-19(11-23)30-29-15-7-5-6-14(10-15)27-21-16(20(25)33)12-26-22(28-21)31(2)18-9-4-3-8-17(18)24/h5-7,10-12,18,24H,2-4,8-9H2,1H3,(H4-,23,25,26,27,28,29,33)/p+1/t18-/m1/s1. The van der Waals surface area contributed by atoms with Gasteiger partial charge in [-0.1, -0.05) is 11.1 Å². The monoisotopic (exact) mass is 464 g/mol. The molecule has 2 aromatic rings. The second kappa shape index (κ2) is 10.9. The Labute approximate surface area is 196 Å². The predicted octanol–water partition coefficient (Wildman–Crippen LogP) is 2.56. The fourth-order valence-corrected chi connectivity index (χ4v) is 3.42. The molecule has 1 aromatic carbocycles. The minimum atomic E-state index is -0.703. The smallest absolute Gasteiger partial charge is 0.404 e. The van der Waals surface area contributed by atoms with Crippen LogP contribution >= 0.6 is 0 Å². The first kappa shape index (κ1) is 24.2. The van der Waals surface area contributed by atoms with Gasteiger partial charge in [-0.05, 0) is 48.9 Å². The largest absolute Gasteiger partial charge is 0.434 e. The molecular formula is C22H26N9O3+. The van der Waals surface area contributed by atoms with Crippen LogP contribution in [0.25, 0.3) is 0 Å². The lowest BCUT2D eigenvalue weighted by Gasteiger charge is -2.22. The molecule has 1 amide bonds. The van der Waals surface area contributed by atoms with Gasteiger partial charge in [0, 0.05) is 25.0 Å². The van der Waals surface area contributed by atoms with E-state index in [-0.39, 0.29) is 29.3 Å². The van der Waals surface area contributed by atoms with Crippen LogP contribution in [0.2, 0.25) is 0 Å². The Balaban J connectivity index is 1.85. The number of hydrogen-bond donors (Lipinski definition) is 5. The first-order chi connectivity index (χ1) is 16.3. The Morgan fingerprint density at radius 3 is 2.79 bits per heavy atom. The van der Waals surface area contributed by atoms with E-state index in [1.807, 2.05) is 0 Å². The van der Waals surface area contributed by atoms with Crippen molar-refractivity contribution >= 4 is 59.6 Å². The third kappa shape index (κ3) is 6.06. The van der Waals surface area contributed by atoms with Gasteiger partial charge in [-0.3, -0.25) is 15.0 Å². The van der Waals surface area contributed by atoms with Gasteiger partial charge in [-0.2, -0.15) is 0 Å². The Morgan fingerprint density at radius 2 is 2.12 bits per heavy atom. The van der Waals surface area contributed by atoms with Crippen LogP contribution in [0.5, 0.6) is 0 Å². The minimum Gasteiger partial charge on any atom is -0.404 e. The highest BCUT2D eigenvalue weighted by Crippen LogP contribution is 2.25. The molecule has 0 spiro atoms. The van der Waals surface area contributed by atoms with Gasteiger partial charge in [0.1, 0.15) is 17.8 Å². The molecule has 1 atom stereocenters. The number of nitrogens with zero attached hydrogens (tertiary/aromatic N) is 4. The maximum Gasteiger partial charge on any atom is 0.434 e. The number of anilines is 3. The Kier molecular flexibility index (Phi) is 7.75. The molecule has 0 unspecified atom stereocenters. The number of rotatable bonds is 8. The number of benzene rings is 1. The van der Waals surface area contributed by atoms with Crippen molar-refractivity contribution in [3.63, 3.8) is 0 Å². The molecule has 0 saturated heterocycles. The Hall–Kier alpha value is -4.48. The van der Waals surface area contributed by atoms with Crippen LogP contribution in [0, 0.1) is 10.8 Å². The van der Waals surface area contributed by atoms with Gasteiger partial charge in [0.05, 0.1) is 11.9 Å². The number of carbonyl (C=O) groups excluding carboxylic acids is 2. The van der Waals surface area contributed by atoms with Crippen LogP contribution in [-0.2, 0) is 9.53 Å². The van der Waals surface area contributed by atoms with Crippen molar-refractivity contribution in [2.75, 3.05) is 10.7 Å². The summed E-state index contributed by atoms with van der Waals surface area (Å²) < 4.78 is 6.37. The Bertz CT molecular complexity index is 1180. The molecule has 12 heteroatoms. The van der Waals surface area contributed by atoms with Crippen LogP contribution in [0.15, 0.2) is 35.6 Å². The van der Waals surface area contributed by atoms with Gasteiger partial charge in [0.15, 0.2) is 0 Å². The van der Waals surface area contributed by atoms with E-state index in [0.717, 1.165) is 25.5 Å². The summed E-state index contributed by atoms with van der Waals surface area (Å²) in [7, 11) is 0. The normalized spacial score (nSPS) is 15.9. The summed E-state index contributed by atoms with van der Waals surface area (Å²) in [6.07, 6.45) is 5.59. The Morgan fingerprint density at radius 1 is 1.35 bits per heavy atom. The summed E-state index contributed by atoms with van der Waals surface area (Å²) in [5.74, 6) is -1.05. The zero-order valence-corrected chi connectivity index (χ0v) is 18.7. The molecule has 0 radical (unpaired) electrons. The molecule has 1 fully saturated rings. The number of ether oxygens (including phenoxy) is 1. The van der Waals surface area contributed by atoms with E-state index in [9.17, 15) is 9.59 Å². The van der Waals surface area contributed by atoms with E-state index in [1.165, 1.54) is 13.1 Å². The average Bonchev–Trinajstić information content (AvgIpc) is 2.81. The summed E-state index contributed by atoms with van der Waals surface area (Å²) in [4.78, 5) is 31.7. The maximum absolute atomic E-state index is 12.0. The second-order valence-corrected chi connectivity index (χ2v) is 7.56. The minimum absolute atomic E-state index is 0.0909. The van der Waals surface area contributed by atoms with E-state index in [1.54, 1.807) is 28.8 Å². The first-order valence-electron chi connectivity index (χ1n) is 10.5. The van der Waals surface area contributed by atoms with Crippen LogP contribution in [0.4, 0.5) is 23.1 Å². The fourth-order valence-electron chi connectivity index (χ4n) is 3.42.